The molecule has 0 radical (unpaired) electrons. The third-order valence-electron chi connectivity index (χ3n) is 3.58. The number of nitrogens with zero attached hydrogens (tertiary/aromatic N) is 1. The maximum Gasteiger partial charge on any atom is 0.125 e. The Morgan fingerprint density at radius 2 is 2.06 bits per heavy atom. The van der Waals surface area contributed by atoms with E-state index >= 15 is 0 Å². The number of hydrogen-bond acceptors (Lipinski definition) is 4. The lowest BCUT2D eigenvalue weighted by atomic mass is 9.97. The van der Waals surface area contributed by atoms with Crippen molar-refractivity contribution in [2.45, 2.75) is 12.1 Å². The molecule has 2 aliphatic heterocycles. The lowest BCUT2D eigenvalue weighted by Crippen LogP contribution is -2.50. The molecule has 0 bridgehead atoms. The SMILES string of the molecule is O[C@H]1c2cc(Cl)ccc2OC[C@H]1N1CCOCC1. The molecule has 0 saturated carbocycles. The van der Waals surface area contributed by atoms with Crippen molar-refractivity contribution in [1.82, 2.24) is 4.90 Å². The average molecular weight is 270 g/mol. The van der Waals surface area contributed by atoms with Gasteiger partial charge in [-0.25, -0.2) is 0 Å². The molecule has 5 heteroatoms. The van der Waals surface area contributed by atoms with Gasteiger partial charge in [-0.2, -0.15) is 0 Å². The van der Waals surface area contributed by atoms with Crippen molar-refractivity contribution in [3.63, 3.8) is 0 Å². The van der Waals surface area contributed by atoms with Gasteiger partial charge in [0, 0.05) is 23.7 Å². The van der Waals surface area contributed by atoms with Gasteiger partial charge in [-0.05, 0) is 18.2 Å². The summed E-state index contributed by atoms with van der Waals surface area (Å²) in [6.45, 7) is 3.61. The summed E-state index contributed by atoms with van der Waals surface area (Å²) in [5.41, 5.74) is 0.783. The monoisotopic (exact) mass is 269 g/mol. The summed E-state index contributed by atoms with van der Waals surface area (Å²) < 4.78 is 11.0. The summed E-state index contributed by atoms with van der Waals surface area (Å²) >= 11 is 5.98. The van der Waals surface area contributed by atoms with Crippen molar-refractivity contribution in [2.24, 2.45) is 0 Å². The van der Waals surface area contributed by atoms with Crippen molar-refractivity contribution in [3.05, 3.63) is 28.8 Å². The molecule has 1 N–H and O–H groups in total. The summed E-state index contributed by atoms with van der Waals surface area (Å²) in [4.78, 5) is 2.22. The number of aliphatic hydroxyl groups excluding tert-OH is 1. The first-order valence-corrected chi connectivity index (χ1v) is 6.55. The second kappa shape index (κ2) is 5.05. The van der Waals surface area contributed by atoms with E-state index in [1.54, 1.807) is 12.1 Å². The fourth-order valence-electron chi connectivity index (χ4n) is 2.57. The molecule has 0 aromatic heterocycles. The van der Waals surface area contributed by atoms with Crippen LogP contribution < -0.4 is 4.74 Å². The largest absolute Gasteiger partial charge is 0.491 e. The molecular formula is C13H16ClNO3. The number of halogens is 1. The van der Waals surface area contributed by atoms with Crippen molar-refractivity contribution < 1.29 is 14.6 Å². The summed E-state index contributed by atoms with van der Waals surface area (Å²) in [5, 5.41) is 11.1. The normalized spacial score (nSPS) is 28.6. The van der Waals surface area contributed by atoms with Gasteiger partial charge < -0.3 is 14.6 Å². The Bertz CT molecular complexity index is 434. The first-order valence-electron chi connectivity index (χ1n) is 6.18. The number of aliphatic hydroxyl groups is 1. The summed E-state index contributed by atoms with van der Waals surface area (Å²) in [7, 11) is 0. The van der Waals surface area contributed by atoms with Crippen LogP contribution >= 0.6 is 11.6 Å². The van der Waals surface area contributed by atoms with Crippen LogP contribution in [0.4, 0.5) is 0 Å². The van der Waals surface area contributed by atoms with Gasteiger partial charge in [0.2, 0.25) is 0 Å². The van der Waals surface area contributed by atoms with E-state index in [-0.39, 0.29) is 6.04 Å². The summed E-state index contributed by atoms with van der Waals surface area (Å²) in [6, 6.07) is 5.37. The second-order valence-electron chi connectivity index (χ2n) is 4.65. The molecule has 2 aliphatic rings. The molecule has 1 aromatic carbocycles. The van der Waals surface area contributed by atoms with Crippen molar-refractivity contribution in [1.29, 1.82) is 0 Å². The van der Waals surface area contributed by atoms with Gasteiger partial charge in [0.05, 0.1) is 19.3 Å². The molecular weight excluding hydrogens is 254 g/mol. The van der Waals surface area contributed by atoms with Crippen LogP contribution in [-0.2, 0) is 4.74 Å². The Kier molecular flexibility index (Phi) is 3.43. The van der Waals surface area contributed by atoms with E-state index in [0.29, 0.717) is 24.8 Å². The predicted molar refractivity (Wildman–Crippen MR) is 68.1 cm³/mol. The van der Waals surface area contributed by atoms with Crippen LogP contribution in [0.25, 0.3) is 0 Å². The Morgan fingerprint density at radius 1 is 1.28 bits per heavy atom. The van der Waals surface area contributed by atoms with Crippen LogP contribution in [0, 0.1) is 0 Å². The molecule has 4 nitrogen and oxygen atoms in total. The first kappa shape index (κ1) is 12.2. The minimum Gasteiger partial charge on any atom is -0.491 e. The van der Waals surface area contributed by atoms with E-state index in [9.17, 15) is 5.11 Å². The zero-order valence-corrected chi connectivity index (χ0v) is 10.8. The standard InChI is InChI=1S/C13H16ClNO3/c14-9-1-2-12-10(7-9)13(16)11(8-18-12)15-3-5-17-6-4-15/h1-2,7,11,13,16H,3-6,8H2/t11-,13+/m1/s1. The van der Waals surface area contributed by atoms with E-state index < -0.39 is 6.10 Å². The fourth-order valence-corrected chi connectivity index (χ4v) is 2.75. The Labute approximate surface area is 111 Å². The number of ether oxygens (including phenoxy) is 2. The highest BCUT2D eigenvalue weighted by Gasteiger charge is 2.34. The highest BCUT2D eigenvalue weighted by molar-refractivity contribution is 6.30. The number of fused-ring (bicyclic) bond motifs is 1. The highest BCUT2D eigenvalue weighted by Crippen LogP contribution is 2.36. The molecule has 3 rings (SSSR count). The third kappa shape index (κ3) is 2.21. The molecule has 2 heterocycles. The van der Waals surface area contributed by atoms with E-state index in [1.165, 1.54) is 0 Å². The van der Waals surface area contributed by atoms with Crippen LogP contribution in [-0.4, -0.2) is 49.0 Å². The second-order valence-corrected chi connectivity index (χ2v) is 5.09. The van der Waals surface area contributed by atoms with Gasteiger partial charge in [-0.15, -0.1) is 0 Å². The number of morpholine rings is 1. The topological polar surface area (TPSA) is 41.9 Å². The Morgan fingerprint density at radius 3 is 2.83 bits per heavy atom. The molecule has 0 amide bonds. The van der Waals surface area contributed by atoms with Crippen molar-refractivity contribution >= 4 is 11.6 Å². The van der Waals surface area contributed by atoms with E-state index in [4.69, 9.17) is 21.1 Å². The molecule has 1 fully saturated rings. The van der Waals surface area contributed by atoms with Gasteiger partial charge in [0.1, 0.15) is 18.5 Å². The molecule has 1 saturated heterocycles. The minimum atomic E-state index is -0.550. The highest BCUT2D eigenvalue weighted by atomic mass is 35.5. The lowest BCUT2D eigenvalue weighted by Gasteiger charge is -2.39. The number of benzene rings is 1. The van der Waals surface area contributed by atoms with Gasteiger partial charge in [0.15, 0.2) is 0 Å². The van der Waals surface area contributed by atoms with Crippen molar-refractivity contribution in [2.75, 3.05) is 32.9 Å². The molecule has 98 valence electrons. The van der Waals surface area contributed by atoms with Crippen LogP contribution in [0.5, 0.6) is 5.75 Å². The quantitative estimate of drug-likeness (QED) is 0.838. The van der Waals surface area contributed by atoms with Crippen molar-refractivity contribution in [3.8, 4) is 5.75 Å². The predicted octanol–water partition coefficient (Wildman–Crippen LogP) is 1.47. The van der Waals surface area contributed by atoms with Crippen LogP contribution in [0.1, 0.15) is 11.7 Å². The average Bonchev–Trinajstić information content (AvgIpc) is 2.41. The maximum atomic E-state index is 10.5. The Balaban J connectivity index is 1.83. The molecule has 0 unspecified atom stereocenters. The van der Waals surface area contributed by atoms with Gasteiger partial charge in [-0.3, -0.25) is 4.90 Å². The van der Waals surface area contributed by atoms with Gasteiger partial charge in [0.25, 0.3) is 0 Å². The smallest absolute Gasteiger partial charge is 0.125 e. The molecule has 2 atom stereocenters. The molecule has 18 heavy (non-hydrogen) atoms. The molecule has 0 aliphatic carbocycles. The maximum absolute atomic E-state index is 10.5. The summed E-state index contributed by atoms with van der Waals surface area (Å²) in [6.07, 6.45) is -0.550. The number of hydrogen-bond donors (Lipinski definition) is 1. The third-order valence-corrected chi connectivity index (χ3v) is 3.81. The van der Waals surface area contributed by atoms with Gasteiger partial charge >= 0.3 is 0 Å². The Hall–Kier alpha value is -0.810. The van der Waals surface area contributed by atoms with E-state index in [2.05, 4.69) is 4.90 Å². The van der Waals surface area contributed by atoms with E-state index in [0.717, 1.165) is 24.4 Å². The lowest BCUT2D eigenvalue weighted by molar-refractivity contribution is -0.0454. The molecule has 1 aromatic rings. The zero-order chi connectivity index (χ0) is 12.5. The number of rotatable bonds is 1. The minimum absolute atomic E-state index is 0.0140. The molecule has 0 spiro atoms. The van der Waals surface area contributed by atoms with Crippen LogP contribution in [0.15, 0.2) is 18.2 Å². The van der Waals surface area contributed by atoms with Crippen LogP contribution in [0.3, 0.4) is 0 Å². The first-order chi connectivity index (χ1) is 8.75. The van der Waals surface area contributed by atoms with E-state index in [1.807, 2.05) is 6.07 Å². The zero-order valence-electron chi connectivity index (χ0n) is 10.0. The summed E-state index contributed by atoms with van der Waals surface area (Å²) in [5.74, 6) is 0.733. The fraction of sp³-hybridized carbons (Fsp3) is 0.538. The van der Waals surface area contributed by atoms with Crippen LogP contribution in [0.2, 0.25) is 5.02 Å². The van der Waals surface area contributed by atoms with Gasteiger partial charge in [-0.1, -0.05) is 11.6 Å².